The molecule has 0 radical (unpaired) electrons. The quantitative estimate of drug-likeness (QED) is 0.757. The third-order valence-corrected chi connectivity index (χ3v) is 3.35. The first-order valence-corrected chi connectivity index (χ1v) is 6.99. The van der Waals surface area contributed by atoms with E-state index in [4.69, 9.17) is 4.74 Å². The standard InChI is InChI=1S/C14H15NO4S/c16-11-3-1-2-4-13(11)19-8-14(18)15-7-12(17)10-5-6-20-9-10/h1-6,9,12,16-17H,7-8H2,(H,15,18). The van der Waals surface area contributed by atoms with Crippen molar-refractivity contribution < 1.29 is 19.7 Å². The van der Waals surface area contributed by atoms with Gasteiger partial charge in [-0.1, -0.05) is 12.1 Å². The lowest BCUT2D eigenvalue weighted by atomic mass is 10.2. The van der Waals surface area contributed by atoms with Gasteiger partial charge in [-0.05, 0) is 34.5 Å². The normalized spacial score (nSPS) is 11.8. The van der Waals surface area contributed by atoms with Crippen LogP contribution in [-0.4, -0.2) is 29.3 Å². The largest absolute Gasteiger partial charge is 0.504 e. The smallest absolute Gasteiger partial charge is 0.258 e. The first-order valence-electron chi connectivity index (χ1n) is 6.04. The molecule has 0 spiro atoms. The average Bonchev–Trinajstić information content (AvgIpc) is 2.98. The number of ether oxygens (including phenoxy) is 1. The Morgan fingerprint density at radius 2 is 2.15 bits per heavy atom. The van der Waals surface area contributed by atoms with E-state index >= 15 is 0 Å². The van der Waals surface area contributed by atoms with Crippen LogP contribution in [0.5, 0.6) is 11.5 Å². The number of carbonyl (C=O) groups is 1. The van der Waals surface area contributed by atoms with Gasteiger partial charge in [0.25, 0.3) is 5.91 Å². The molecule has 3 N–H and O–H groups in total. The molecule has 1 heterocycles. The summed E-state index contributed by atoms with van der Waals surface area (Å²) in [5.74, 6) is -0.123. The molecule has 5 nitrogen and oxygen atoms in total. The number of amides is 1. The Kier molecular flexibility index (Phi) is 4.97. The first-order chi connectivity index (χ1) is 9.66. The van der Waals surface area contributed by atoms with Crippen LogP contribution in [-0.2, 0) is 4.79 Å². The van der Waals surface area contributed by atoms with E-state index in [-0.39, 0.29) is 30.6 Å². The van der Waals surface area contributed by atoms with Gasteiger partial charge in [-0.15, -0.1) is 0 Å². The second-order valence-corrected chi connectivity index (χ2v) is 4.91. The summed E-state index contributed by atoms with van der Waals surface area (Å²) < 4.78 is 5.18. The van der Waals surface area contributed by atoms with E-state index in [2.05, 4.69) is 5.32 Å². The maximum atomic E-state index is 11.6. The van der Waals surface area contributed by atoms with Gasteiger partial charge in [-0.3, -0.25) is 4.79 Å². The Morgan fingerprint density at radius 1 is 1.35 bits per heavy atom. The number of hydrogen-bond donors (Lipinski definition) is 3. The molecule has 1 atom stereocenters. The number of rotatable bonds is 6. The molecular formula is C14H15NO4S. The van der Waals surface area contributed by atoms with Crippen molar-refractivity contribution in [2.24, 2.45) is 0 Å². The Balaban J connectivity index is 1.75. The molecule has 1 aromatic heterocycles. The van der Waals surface area contributed by atoms with Crippen molar-refractivity contribution in [3.8, 4) is 11.5 Å². The Morgan fingerprint density at radius 3 is 2.85 bits per heavy atom. The van der Waals surface area contributed by atoms with Crippen molar-refractivity contribution in [1.29, 1.82) is 0 Å². The van der Waals surface area contributed by atoms with Gasteiger partial charge in [0, 0.05) is 6.54 Å². The fraction of sp³-hybridized carbons (Fsp3) is 0.214. The first kappa shape index (κ1) is 14.4. The highest BCUT2D eigenvalue weighted by Gasteiger charge is 2.10. The van der Waals surface area contributed by atoms with Gasteiger partial charge in [-0.2, -0.15) is 11.3 Å². The van der Waals surface area contributed by atoms with Gasteiger partial charge < -0.3 is 20.3 Å². The molecule has 2 aromatic rings. The lowest BCUT2D eigenvalue weighted by Gasteiger charge is -2.11. The zero-order valence-corrected chi connectivity index (χ0v) is 11.5. The minimum atomic E-state index is -0.727. The monoisotopic (exact) mass is 293 g/mol. The number of aliphatic hydroxyl groups excluding tert-OH is 1. The highest BCUT2D eigenvalue weighted by Crippen LogP contribution is 2.24. The van der Waals surface area contributed by atoms with Crippen LogP contribution in [0.2, 0.25) is 0 Å². The molecule has 0 aliphatic rings. The van der Waals surface area contributed by atoms with Gasteiger partial charge in [0.15, 0.2) is 18.1 Å². The fourth-order valence-corrected chi connectivity index (χ4v) is 2.27. The number of aromatic hydroxyl groups is 1. The van der Waals surface area contributed by atoms with Crippen LogP contribution in [0.25, 0.3) is 0 Å². The summed E-state index contributed by atoms with van der Waals surface area (Å²) in [6.45, 7) is -0.0897. The third-order valence-electron chi connectivity index (χ3n) is 2.64. The summed E-state index contributed by atoms with van der Waals surface area (Å²) in [4.78, 5) is 11.6. The Hall–Kier alpha value is -2.05. The molecule has 0 saturated carbocycles. The maximum Gasteiger partial charge on any atom is 0.258 e. The van der Waals surface area contributed by atoms with Crippen molar-refractivity contribution in [3.63, 3.8) is 0 Å². The summed E-state index contributed by atoms with van der Waals surface area (Å²) in [5.41, 5.74) is 0.775. The number of nitrogens with one attached hydrogen (secondary N) is 1. The van der Waals surface area contributed by atoms with Crippen molar-refractivity contribution in [1.82, 2.24) is 5.32 Å². The molecule has 0 fully saturated rings. The van der Waals surface area contributed by atoms with E-state index in [0.717, 1.165) is 5.56 Å². The minimum absolute atomic E-state index is 0.0152. The van der Waals surface area contributed by atoms with E-state index < -0.39 is 6.10 Å². The lowest BCUT2D eigenvalue weighted by molar-refractivity contribution is -0.123. The molecule has 106 valence electrons. The van der Waals surface area contributed by atoms with E-state index in [1.54, 1.807) is 24.3 Å². The van der Waals surface area contributed by atoms with Crippen LogP contribution in [0.15, 0.2) is 41.1 Å². The van der Waals surface area contributed by atoms with Gasteiger partial charge in [0.1, 0.15) is 0 Å². The zero-order valence-electron chi connectivity index (χ0n) is 10.7. The van der Waals surface area contributed by atoms with E-state index in [1.807, 2.05) is 10.8 Å². The summed E-state index contributed by atoms with van der Waals surface area (Å²) in [7, 11) is 0. The molecule has 1 aromatic carbocycles. The number of phenols is 1. The second kappa shape index (κ2) is 6.93. The average molecular weight is 293 g/mol. The van der Waals surface area contributed by atoms with Crippen molar-refractivity contribution in [2.45, 2.75) is 6.10 Å². The summed E-state index contributed by atoms with van der Waals surface area (Å²) in [5, 5.41) is 25.5. The number of benzene rings is 1. The number of carbonyl (C=O) groups excluding carboxylic acids is 1. The van der Waals surface area contributed by atoms with Crippen LogP contribution in [0.1, 0.15) is 11.7 Å². The molecule has 0 saturated heterocycles. The molecule has 6 heteroatoms. The van der Waals surface area contributed by atoms with Crippen LogP contribution in [0.4, 0.5) is 0 Å². The second-order valence-electron chi connectivity index (χ2n) is 4.13. The molecule has 1 amide bonds. The van der Waals surface area contributed by atoms with E-state index in [1.165, 1.54) is 17.4 Å². The zero-order chi connectivity index (χ0) is 14.4. The molecule has 1 unspecified atom stereocenters. The van der Waals surface area contributed by atoms with Crippen molar-refractivity contribution in [2.75, 3.05) is 13.2 Å². The maximum absolute atomic E-state index is 11.6. The Labute approximate surface area is 120 Å². The minimum Gasteiger partial charge on any atom is -0.504 e. The van der Waals surface area contributed by atoms with Crippen LogP contribution < -0.4 is 10.1 Å². The molecule has 0 aliphatic carbocycles. The number of para-hydroxylation sites is 2. The van der Waals surface area contributed by atoms with E-state index in [0.29, 0.717) is 0 Å². The number of aliphatic hydroxyl groups is 1. The van der Waals surface area contributed by atoms with Crippen molar-refractivity contribution in [3.05, 3.63) is 46.7 Å². The predicted octanol–water partition coefficient (Wildman–Crippen LogP) is 1.68. The third kappa shape index (κ3) is 3.97. The molecule has 2 rings (SSSR count). The van der Waals surface area contributed by atoms with Gasteiger partial charge in [-0.25, -0.2) is 0 Å². The summed E-state index contributed by atoms with van der Waals surface area (Å²) >= 11 is 1.49. The molecule has 20 heavy (non-hydrogen) atoms. The molecule has 0 bridgehead atoms. The van der Waals surface area contributed by atoms with Gasteiger partial charge >= 0.3 is 0 Å². The fourth-order valence-electron chi connectivity index (χ4n) is 1.57. The summed E-state index contributed by atoms with van der Waals surface area (Å²) in [6, 6.07) is 8.23. The van der Waals surface area contributed by atoms with Crippen LogP contribution in [0, 0.1) is 0 Å². The van der Waals surface area contributed by atoms with Gasteiger partial charge in [0.2, 0.25) is 0 Å². The lowest BCUT2D eigenvalue weighted by Crippen LogP contribution is -2.32. The highest BCUT2D eigenvalue weighted by molar-refractivity contribution is 7.07. The van der Waals surface area contributed by atoms with Crippen molar-refractivity contribution >= 4 is 17.2 Å². The van der Waals surface area contributed by atoms with Crippen LogP contribution in [0.3, 0.4) is 0 Å². The highest BCUT2D eigenvalue weighted by atomic mass is 32.1. The number of thiophene rings is 1. The van der Waals surface area contributed by atoms with Gasteiger partial charge in [0.05, 0.1) is 6.10 Å². The van der Waals surface area contributed by atoms with E-state index in [9.17, 15) is 15.0 Å². The Bertz CT molecular complexity index is 556. The molecule has 0 aliphatic heterocycles. The predicted molar refractivity (Wildman–Crippen MR) is 75.9 cm³/mol. The molecular weight excluding hydrogens is 278 g/mol. The number of phenolic OH excluding ortho intramolecular Hbond substituents is 1. The SMILES string of the molecule is O=C(COc1ccccc1O)NCC(O)c1ccsc1. The number of hydrogen-bond acceptors (Lipinski definition) is 5. The topological polar surface area (TPSA) is 78.8 Å². The van der Waals surface area contributed by atoms with Crippen LogP contribution >= 0.6 is 11.3 Å². The summed E-state index contributed by atoms with van der Waals surface area (Å²) in [6.07, 6.45) is -0.727.